The second-order valence-electron chi connectivity index (χ2n) is 7.98. The highest BCUT2D eigenvalue weighted by Gasteiger charge is 2.50. The van der Waals surface area contributed by atoms with Crippen LogP contribution in [0.5, 0.6) is 11.5 Å². The maximum Gasteiger partial charge on any atom is 0.266 e. The van der Waals surface area contributed by atoms with Crippen molar-refractivity contribution in [3.05, 3.63) is 82.9 Å². The first kappa shape index (κ1) is 20.9. The summed E-state index contributed by atoms with van der Waals surface area (Å²) in [5.74, 6) is -0.943. The first-order valence-corrected chi connectivity index (χ1v) is 10.4. The van der Waals surface area contributed by atoms with Crippen LogP contribution in [0.15, 0.2) is 59.6 Å². The molecule has 0 radical (unpaired) electrons. The fourth-order valence-electron chi connectivity index (χ4n) is 4.43. The van der Waals surface area contributed by atoms with Gasteiger partial charge in [-0.1, -0.05) is 24.3 Å². The molecule has 3 aromatic carbocycles. The summed E-state index contributed by atoms with van der Waals surface area (Å²) in [4.78, 5) is 19.4. The molecule has 6 nitrogen and oxygen atoms in total. The van der Waals surface area contributed by atoms with E-state index in [0.717, 1.165) is 11.3 Å². The fourth-order valence-corrected chi connectivity index (χ4v) is 4.43. The van der Waals surface area contributed by atoms with E-state index in [4.69, 9.17) is 15.2 Å². The third-order valence-electron chi connectivity index (χ3n) is 6.20. The van der Waals surface area contributed by atoms with Gasteiger partial charge in [-0.15, -0.1) is 0 Å². The number of ether oxygens (including phenoxy) is 2. The summed E-state index contributed by atoms with van der Waals surface area (Å²) in [5, 5.41) is 0. The lowest BCUT2D eigenvalue weighted by molar-refractivity contribution is -0.129. The number of methoxy groups -OCH3 is 1. The molecule has 2 aliphatic heterocycles. The van der Waals surface area contributed by atoms with E-state index in [-0.39, 0.29) is 28.7 Å². The Morgan fingerprint density at radius 1 is 1.09 bits per heavy atom. The van der Waals surface area contributed by atoms with Gasteiger partial charge in [0.15, 0.2) is 23.1 Å². The zero-order valence-corrected chi connectivity index (χ0v) is 18.1. The van der Waals surface area contributed by atoms with Crippen molar-refractivity contribution >= 4 is 11.9 Å². The maximum atomic E-state index is 15.0. The molecule has 2 aliphatic rings. The van der Waals surface area contributed by atoms with Crippen molar-refractivity contribution in [2.75, 3.05) is 20.8 Å². The van der Waals surface area contributed by atoms with E-state index in [9.17, 15) is 13.6 Å². The Morgan fingerprint density at radius 2 is 1.85 bits per heavy atom. The minimum absolute atomic E-state index is 0.00965. The van der Waals surface area contributed by atoms with Crippen LogP contribution in [-0.4, -0.2) is 37.5 Å². The minimum Gasteiger partial charge on any atom is -0.494 e. The number of rotatable bonds is 4. The predicted octanol–water partition coefficient (Wildman–Crippen LogP) is 3.61. The van der Waals surface area contributed by atoms with Gasteiger partial charge in [0.1, 0.15) is 11.6 Å². The number of likely N-dealkylation sites (N-methyl/N-ethyl adjacent to an activating group) is 1. The number of benzene rings is 3. The van der Waals surface area contributed by atoms with Gasteiger partial charge in [-0.25, -0.2) is 13.8 Å². The van der Waals surface area contributed by atoms with Gasteiger partial charge in [-0.2, -0.15) is 0 Å². The van der Waals surface area contributed by atoms with Crippen molar-refractivity contribution in [2.24, 2.45) is 10.7 Å². The molecule has 8 heteroatoms. The summed E-state index contributed by atoms with van der Waals surface area (Å²) >= 11 is 0. The highest BCUT2D eigenvalue weighted by Crippen LogP contribution is 2.43. The van der Waals surface area contributed by atoms with Gasteiger partial charge in [0, 0.05) is 24.6 Å². The summed E-state index contributed by atoms with van der Waals surface area (Å²) in [5.41, 5.74) is 6.42. The van der Waals surface area contributed by atoms with Crippen molar-refractivity contribution in [3.8, 4) is 22.6 Å². The minimum atomic E-state index is -1.53. The van der Waals surface area contributed by atoms with Crippen LogP contribution in [0.2, 0.25) is 0 Å². The Labute approximate surface area is 189 Å². The van der Waals surface area contributed by atoms with Crippen LogP contribution in [0.3, 0.4) is 0 Å². The number of fused-ring (bicyclic) bond motifs is 1. The van der Waals surface area contributed by atoms with Crippen LogP contribution in [-0.2, 0) is 16.8 Å². The van der Waals surface area contributed by atoms with E-state index < -0.39 is 17.2 Å². The molecule has 1 atom stereocenters. The van der Waals surface area contributed by atoms with Gasteiger partial charge >= 0.3 is 0 Å². The molecule has 33 heavy (non-hydrogen) atoms. The second-order valence-corrected chi connectivity index (χ2v) is 7.98. The molecule has 0 saturated carbocycles. The van der Waals surface area contributed by atoms with Gasteiger partial charge in [-0.3, -0.25) is 9.69 Å². The molecular weight excluding hydrogens is 428 g/mol. The molecule has 0 aromatic heterocycles. The Morgan fingerprint density at radius 3 is 2.58 bits per heavy atom. The molecule has 5 rings (SSSR count). The van der Waals surface area contributed by atoms with E-state index >= 15 is 0 Å². The largest absolute Gasteiger partial charge is 0.494 e. The summed E-state index contributed by atoms with van der Waals surface area (Å²) in [6.45, 7) is 0.556. The Hall–Kier alpha value is -3.94. The molecule has 0 bridgehead atoms. The van der Waals surface area contributed by atoms with Gasteiger partial charge in [0.25, 0.3) is 5.91 Å². The number of amides is 1. The number of carbonyl (C=O) groups excluding carboxylic acids is 1. The van der Waals surface area contributed by atoms with Crippen LogP contribution < -0.4 is 15.2 Å². The van der Waals surface area contributed by atoms with Crippen molar-refractivity contribution < 1.29 is 23.0 Å². The number of aliphatic imine (C=N–C) groups is 1. The quantitative estimate of drug-likeness (QED) is 0.660. The number of hydrogen-bond acceptors (Lipinski definition) is 5. The van der Waals surface area contributed by atoms with E-state index in [1.807, 2.05) is 6.07 Å². The Kier molecular flexibility index (Phi) is 4.81. The topological polar surface area (TPSA) is 77.2 Å². The standard InChI is InChI=1S/C25H21F2N3O3/c1-30-23(31)25(29-24(30)28,15-7-9-20-14(12-15)10-11-33-20)16-6-8-19(26)18(13-16)17-4-3-5-21(32-2)22(17)27/h3-9,12-13H,10-11H2,1-2H3,(H2,28,29). The summed E-state index contributed by atoms with van der Waals surface area (Å²) in [6.07, 6.45) is 0.701. The third-order valence-corrected chi connectivity index (χ3v) is 6.20. The van der Waals surface area contributed by atoms with Crippen LogP contribution >= 0.6 is 0 Å². The number of carbonyl (C=O) groups is 1. The predicted molar refractivity (Wildman–Crippen MR) is 119 cm³/mol. The van der Waals surface area contributed by atoms with E-state index in [1.54, 1.807) is 18.2 Å². The maximum absolute atomic E-state index is 15.0. The first-order chi connectivity index (χ1) is 15.9. The summed E-state index contributed by atoms with van der Waals surface area (Å²) in [7, 11) is 2.87. The lowest BCUT2D eigenvalue weighted by Crippen LogP contribution is -2.41. The third kappa shape index (κ3) is 3.05. The molecule has 0 aliphatic carbocycles. The van der Waals surface area contributed by atoms with Crippen LogP contribution in [0, 0.1) is 11.6 Å². The van der Waals surface area contributed by atoms with Crippen molar-refractivity contribution in [2.45, 2.75) is 12.0 Å². The Balaban J connectivity index is 1.75. The second kappa shape index (κ2) is 7.58. The monoisotopic (exact) mass is 449 g/mol. The Bertz CT molecular complexity index is 1320. The number of nitrogens with zero attached hydrogens (tertiary/aromatic N) is 2. The normalized spacial score (nSPS) is 19.3. The highest BCUT2D eigenvalue weighted by molar-refractivity contribution is 6.09. The molecule has 0 fully saturated rings. The van der Waals surface area contributed by atoms with E-state index in [0.29, 0.717) is 24.2 Å². The molecule has 168 valence electrons. The summed E-state index contributed by atoms with van der Waals surface area (Å²) in [6, 6.07) is 14.0. The van der Waals surface area contributed by atoms with Crippen LogP contribution in [0.1, 0.15) is 16.7 Å². The van der Waals surface area contributed by atoms with Gasteiger partial charge in [-0.05, 0) is 47.0 Å². The zero-order chi connectivity index (χ0) is 23.3. The van der Waals surface area contributed by atoms with Crippen LogP contribution in [0.25, 0.3) is 11.1 Å². The van der Waals surface area contributed by atoms with Gasteiger partial charge in [0.2, 0.25) is 0 Å². The van der Waals surface area contributed by atoms with E-state index in [2.05, 4.69) is 4.99 Å². The van der Waals surface area contributed by atoms with Gasteiger partial charge in [0.05, 0.1) is 13.7 Å². The zero-order valence-electron chi connectivity index (χ0n) is 18.1. The van der Waals surface area contributed by atoms with Gasteiger partial charge < -0.3 is 15.2 Å². The molecule has 3 aromatic rings. The average Bonchev–Trinajstić information content (AvgIpc) is 3.38. The number of guanidine groups is 1. The smallest absolute Gasteiger partial charge is 0.266 e. The van der Waals surface area contributed by atoms with Crippen LogP contribution in [0.4, 0.5) is 8.78 Å². The first-order valence-electron chi connectivity index (χ1n) is 10.4. The average molecular weight is 449 g/mol. The fraction of sp³-hybridized carbons (Fsp3) is 0.200. The lowest BCUT2D eigenvalue weighted by atomic mass is 9.81. The molecule has 1 unspecified atom stereocenters. The molecule has 0 saturated heterocycles. The lowest BCUT2D eigenvalue weighted by Gasteiger charge is -2.27. The van der Waals surface area contributed by atoms with Crippen molar-refractivity contribution in [1.29, 1.82) is 0 Å². The molecule has 2 heterocycles. The molecule has 0 spiro atoms. The molecular formula is C25H21F2N3O3. The molecule has 1 amide bonds. The number of halogens is 2. The highest BCUT2D eigenvalue weighted by atomic mass is 19.1. The molecule has 2 N–H and O–H groups in total. The summed E-state index contributed by atoms with van der Waals surface area (Å²) < 4.78 is 40.6. The number of hydrogen-bond donors (Lipinski definition) is 1. The van der Waals surface area contributed by atoms with Crippen molar-refractivity contribution in [3.63, 3.8) is 0 Å². The van der Waals surface area contributed by atoms with Crippen molar-refractivity contribution in [1.82, 2.24) is 4.90 Å². The van der Waals surface area contributed by atoms with E-state index in [1.165, 1.54) is 49.4 Å². The number of nitrogens with two attached hydrogens (primary N) is 1. The SMILES string of the molecule is COc1cccc(-c2cc(C3(c4ccc5c(c4)CCO5)N=C(N)N(C)C3=O)ccc2F)c1F.